The highest BCUT2D eigenvalue weighted by molar-refractivity contribution is 7.55. The van der Waals surface area contributed by atoms with E-state index in [-0.39, 0.29) is 0 Å². The Morgan fingerprint density at radius 3 is 2.58 bits per heavy atom. The highest BCUT2D eigenvalue weighted by Gasteiger charge is 2.10. The van der Waals surface area contributed by atoms with Gasteiger partial charge < -0.3 is 4.89 Å². The molecule has 1 aliphatic rings. The molecule has 0 bridgehead atoms. The van der Waals surface area contributed by atoms with Gasteiger partial charge in [-0.25, -0.2) is 0 Å². The first-order valence-corrected chi connectivity index (χ1v) is 5.41. The number of hydrogen-bond acceptors (Lipinski definition) is 3. The molecule has 1 atom stereocenters. The van der Waals surface area contributed by atoms with E-state index in [9.17, 15) is 4.91 Å². The minimum atomic E-state index is -1.89. The van der Waals surface area contributed by atoms with Gasteiger partial charge in [0.05, 0.1) is 0 Å². The van der Waals surface area contributed by atoms with Gasteiger partial charge in [0.25, 0.3) is 8.30 Å². The standard InChI is InChI=1S/C8H12NO2P/c10-9-12(11)7-6-8-4-2-1-3-5-8/h8,11H,1-5H2. The van der Waals surface area contributed by atoms with E-state index < -0.39 is 8.30 Å². The average molecular weight is 185 g/mol. The van der Waals surface area contributed by atoms with Crippen molar-refractivity contribution in [1.29, 1.82) is 0 Å². The van der Waals surface area contributed by atoms with Gasteiger partial charge in [0, 0.05) is 5.92 Å². The Balaban J connectivity index is 2.35. The molecule has 0 aliphatic heterocycles. The van der Waals surface area contributed by atoms with E-state index in [2.05, 4.69) is 16.5 Å². The Morgan fingerprint density at radius 1 is 1.33 bits per heavy atom. The van der Waals surface area contributed by atoms with E-state index in [1.807, 2.05) is 0 Å². The van der Waals surface area contributed by atoms with Crippen molar-refractivity contribution in [1.82, 2.24) is 0 Å². The van der Waals surface area contributed by atoms with Crippen LogP contribution in [0.4, 0.5) is 0 Å². The van der Waals surface area contributed by atoms with Crippen molar-refractivity contribution < 1.29 is 4.89 Å². The zero-order chi connectivity index (χ0) is 8.81. The Morgan fingerprint density at radius 2 is 2.00 bits per heavy atom. The lowest BCUT2D eigenvalue weighted by molar-refractivity contribution is 0.430. The average Bonchev–Trinajstić information content (AvgIpc) is 2.16. The van der Waals surface area contributed by atoms with E-state index in [1.165, 1.54) is 19.3 Å². The molecule has 1 aliphatic carbocycles. The molecule has 1 unspecified atom stereocenters. The lowest BCUT2D eigenvalue weighted by atomic mass is 9.90. The fourth-order valence-corrected chi connectivity index (χ4v) is 1.76. The van der Waals surface area contributed by atoms with Crippen molar-refractivity contribution in [3.8, 4) is 11.6 Å². The lowest BCUT2D eigenvalue weighted by Gasteiger charge is -2.15. The maximum absolute atomic E-state index is 9.80. The Kier molecular flexibility index (Phi) is 4.21. The second kappa shape index (κ2) is 5.24. The highest BCUT2D eigenvalue weighted by atomic mass is 31.2. The second-order valence-corrected chi connectivity index (χ2v) is 3.93. The molecule has 0 heterocycles. The topological polar surface area (TPSA) is 49.7 Å². The van der Waals surface area contributed by atoms with Crippen LogP contribution in [-0.2, 0) is 0 Å². The van der Waals surface area contributed by atoms with Gasteiger partial charge in [-0.2, -0.15) is 0 Å². The van der Waals surface area contributed by atoms with Crippen LogP contribution < -0.4 is 0 Å². The third-order valence-electron chi connectivity index (χ3n) is 2.05. The molecule has 0 aromatic heterocycles. The molecule has 0 amide bonds. The molecule has 3 nitrogen and oxygen atoms in total. The number of nitroso groups, excluding NO2 is 1. The predicted octanol–water partition coefficient (Wildman–Crippen LogP) is 2.60. The van der Waals surface area contributed by atoms with Crippen molar-refractivity contribution >= 4 is 8.30 Å². The SMILES string of the molecule is O=NP(O)C#CC1CCCCC1. The summed E-state index contributed by atoms with van der Waals surface area (Å²) >= 11 is 0. The van der Waals surface area contributed by atoms with Crippen LogP contribution in [0.3, 0.4) is 0 Å². The molecule has 4 heteroatoms. The van der Waals surface area contributed by atoms with E-state index in [4.69, 9.17) is 4.89 Å². The molecule has 0 saturated heterocycles. The van der Waals surface area contributed by atoms with Crippen molar-refractivity contribution in [3.05, 3.63) is 4.91 Å². The molecule has 66 valence electrons. The first kappa shape index (κ1) is 9.64. The first-order chi connectivity index (χ1) is 5.83. The molecule has 1 rings (SSSR count). The Bertz CT molecular complexity index is 203. The van der Waals surface area contributed by atoms with Crippen LogP contribution in [0.1, 0.15) is 32.1 Å². The quantitative estimate of drug-likeness (QED) is 0.387. The Labute approximate surface area is 73.4 Å². The fraction of sp³-hybridized carbons (Fsp3) is 0.750. The van der Waals surface area contributed by atoms with Gasteiger partial charge >= 0.3 is 0 Å². The Hall–Kier alpha value is -0.450. The highest BCUT2D eigenvalue weighted by Crippen LogP contribution is 2.30. The molecule has 1 N–H and O–H groups in total. The minimum Gasteiger partial charge on any atom is -0.342 e. The minimum absolute atomic E-state index is 0.387. The monoisotopic (exact) mass is 185 g/mol. The van der Waals surface area contributed by atoms with Crippen LogP contribution in [-0.4, -0.2) is 4.89 Å². The summed E-state index contributed by atoms with van der Waals surface area (Å²) in [5.74, 6) is 3.29. The van der Waals surface area contributed by atoms with Gasteiger partial charge in [0.1, 0.15) is 0 Å². The van der Waals surface area contributed by atoms with Crippen LogP contribution in [0.15, 0.2) is 4.95 Å². The summed E-state index contributed by atoms with van der Waals surface area (Å²) < 4.78 is 0. The summed E-state index contributed by atoms with van der Waals surface area (Å²) in [6.45, 7) is 0. The van der Waals surface area contributed by atoms with Crippen LogP contribution in [0, 0.1) is 22.4 Å². The third kappa shape index (κ3) is 3.30. The maximum Gasteiger partial charge on any atom is 0.280 e. The summed E-state index contributed by atoms with van der Waals surface area (Å²) in [7, 11) is -1.89. The van der Waals surface area contributed by atoms with Gasteiger partial charge in [-0.05, 0) is 23.5 Å². The fourth-order valence-electron chi connectivity index (χ4n) is 1.42. The van der Waals surface area contributed by atoms with Crippen LogP contribution in [0.2, 0.25) is 0 Å². The van der Waals surface area contributed by atoms with Gasteiger partial charge in [-0.3, -0.25) is 0 Å². The van der Waals surface area contributed by atoms with Gasteiger partial charge in [-0.15, -0.1) is 4.91 Å². The second-order valence-electron chi connectivity index (χ2n) is 2.96. The molecule has 0 spiro atoms. The maximum atomic E-state index is 9.80. The van der Waals surface area contributed by atoms with E-state index in [1.54, 1.807) is 0 Å². The molecular weight excluding hydrogens is 173 g/mol. The normalized spacial score (nSPS) is 20.8. The number of nitrogens with zero attached hydrogens (tertiary/aromatic N) is 1. The van der Waals surface area contributed by atoms with Crippen LogP contribution in [0.25, 0.3) is 0 Å². The molecule has 12 heavy (non-hydrogen) atoms. The molecule has 1 saturated carbocycles. The predicted molar refractivity (Wildman–Crippen MR) is 49.3 cm³/mol. The van der Waals surface area contributed by atoms with Gasteiger partial charge in [-0.1, -0.05) is 25.2 Å². The summed E-state index contributed by atoms with van der Waals surface area (Å²) in [5.41, 5.74) is 2.49. The van der Waals surface area contributed by atoms with Crippen molar-refractivity contribution in [3.63, 3.8) is 0 Å². The number of rotatable bonds is 1. The molecule has 0 aromatic carbocycles. The van der Waals surface area contributed by atoms with Gasteiger partial charge in [0.2, 0.25) is 0 Å². The summed E-state index contributed by atoms with van der Waals surface area (Å²) in [6, 6.07) is 0. The lowest BCUT2D eigenvalue weighted by Crippen LogP contribution is -2.02. The zero-order valence-corrected chi connectivity index (χ0v) is 7.76. The third-order valence-corrected chi connectivity index (χ3v) is 2.53. The number of hydrogen-bond donors (Lipinski definition) is 1. The van der Waals surface area contributed by atoms with E-state index in [0.717, 1.165) is 12.8 Å². The van der Waals surface area contributed by atoms with E-state index >= 15 is 0 Å². The van der Waals surface area contributed by atoms with Crippen molar-refractivity contribution in [2.45, 2.75) is 32.1 Å². The van der Waals surface area contributed by atoms with Crippen LogP contribution >= 0.6 is 8.30 Å². The first-order valence-electron chi connectivity index (χ1n) is 4.16. The molecule has 0 radical (unpaired) electrons. The smallest absolute Gasteiger partial charge is 0.280 e. The van der Waals surface area contributed by atoms with E-state index in [0.29, 0.717) is 5.92 Å². The zero-order valence-electron chi connectivity index (χ0n) is 6.86. The van der Waals surface area contributed by atoms with Gasteiger partial charge in [0.15, 0.2) is 0 Å². The summed E-state index contributed by atoms with van der Waals surface area (Å²) in [4.78, 5) is 21.1. The molecule has 0 aromatic rings. The van der Waals surface area contributed by atoms with Crippen molar-refractivity contribution in [2.24, 2.45) is 10.9 Å². The van der Waals surface area contributed by atoms with Crippen molar-refractivity contribution in [2.75, 3.05) is 0 Å². The molecule has 1 fully saturated rings. The summed E-state index contributed by atoms with van der Waals surface area (Å²) in [5, 5.41) is 0. The molecular formula is C8H12NO2P. The van der Waals surface area contributed by atoms with Crippen LogP contribution in [0.5, 0.6) is 0 Å². The summed E-state index contributed by atoms with van der Waals surface area (Å²) in [6.07, 6.45) is 5.94. The largest absolute Gasteiger partial charge is 0.342 e.